The monoisotopic (exact) mass is 279 g/mol. The third-order valence-corrected chi connectivity index (χ3v) is 4.11. The summed E-state index contributed by atoms with van der Waals surface area (Å²) in [6.07, 6.45) is 1.80. The highest BCUT2D eigenvalue weighted by atomic mass is 16.5. The minimum Gasteiger partial charge on any atom is -0.497 e. The smallest absolute Gasteiger partial charge is 0.119 e. The molecule has 0 saturated carbocycles. The van der Waals surface area contributed by atoms with Gasteiger partial charge in [0.15, 0.2) is 0 Å². The second kappa shape index (κ2) is 7.07. The van der Waals surface area contributed by atoms with Crippen LogP contribution in [0.1, 0.15) is 31.4 Å². The van der Waals surface area contributed by atoms with E-state index in [9.17, 15) is 0 Å². The summed E-state index contributed by atoms with van der Waals surface area (Å²) in [4.78, 5) is 0. The van der Waals surface area contributed by atoms with Crippen LogP contribution in [0.4, 0.5) is 0 Å². The first-order valence-corrected chi connectivity index (χ1v) is 7.26. The lowest BCUT2D eigenvalue weighted by atomic mass is 9.82. The Hall–Kier alpha value is -1.10. The van der Waals surface area contributed by atoms with Crippen molar-refractivity contribution in [2.75, 3.05) is 34.0 Å². The molecule has 1 aromatic carbocycles. The average molecular weight is 279 g/mol. The van der Waals surface area contributed by atoms with Crippen molar-refractivity contribution in [3.05, 3.63) is 29.8 Å². The summed E-state index contributed by atoms with van der Waals surface area (Å²) >= 11 is 0. The Balaban J connectivity index is 2.32. The molecule has 4 nitrogen and oxygen atoms in total. The molecule has 4 heteroatoms. The molecular formula is C16H25NO3. The molecule has 112 valence electrons. The molecule has 0 spiro atoms. The zero-order valence-electron chi connectivity index (χ0n) is 12.6. The Kier molecular flexibility index (Phi) is 5.40. The standard InChI is InChI=1S/C16H25NO3/c1-4-17-15(13-6-5-7-14(12-13)18-2)16(19-3)8-10-20-11-9-16/h5-7,12,15,17H,4,8-11H2,1-3H3. The fourth-order valence-corrected chi connectivity index (χ4v) is 2.96. The number of benzene rings is 1. The highest BCUT2D eigenvalue weighted by molar-refractivity contribution is 5.32. The van der Waals surface area contributed by atoms with Gasteiger partial charge in [-0.05, 0) is 24.2 Å². The van der Waals surface area contributed by atoms with Gasteiger partial charge in [0.1, 0.15) is 5.75 Å². The van der Waals surface area contributed by atoms with Gasteiger partial charge >= 0.3 is 0 Å². The van der Waals surface area contributed by atoms with E-state index in [-0.39, 0.29) is 11.6 Å². The van der Waals surface area contributed by atoms with Crippen LogP contribution in [0.25, 0.3) is 0 Å². The highest BCUT2D eigenvalue weighted by Crippen LogP contribution is 2.38. The van der Waals surface area contributed by atoms with Crippen LogP contribution >= 0.6 is 0 Å². The lowest BCUT2D eigenvalue weighted by Crippen LogP contribution is -2.49. The maximum atomic E-state index is 5.94. The highest BCUT2D eigenvalue weighted by Gasteiger charge is 2.41. The second-order valence-electron chi connectivity index (χ2n) is 5.15. The fraction of sp³-hybridized carbons (Fsp3) is 0.625. The second-order valence-corrected chi connectivity index (χ2v) is 5.15. The lowest BCUT2D eigenvalue weighted by Gasteiger charge is -2.43. The lowest BCUT2D eigenvalue weighted by molar-refractivity contribution is -0.111. The Bertz CT molecular complexity index is 416. The van der Waals surface area contributed by atoms with Crippen molar-refractivity contribution >= 4 is 0 Å². The van der Waals surface area contributed by atoms with Gasteiger partial charge in [-0.2, -0.15) is 0 Å². The molecule has 1 aromatic rings. The molecule has 0 radical (unpaired) electrons. The van der Waals surface area contributed by atoms with Crippen molar-refractivity contribution in [2.24, 2.45) is 0 Å². The van der Waals surface area contributed by atoms with Crippen molar-refractivity contribution < 1.29 is 14.2 Å². The normalized spacial score (nSPS) is 19.6. The summed E-state index contributed by atoms with van der Waals surface area (Å²) in [7, 11) is 3.50. The summed E-state index contributed by atoms with van der Waals surface area (Å²) in [5.74, 6) is 0.878. The maximum absolute atomic E-state index is 5.94. The Morgan fingerprint density at radius 3 is 2.65 bits per heavy atom. The summed E-state index contributed by atoms with van der Waals surface area (Å²) in [6, 6.07) is 8.36. The van der Waals surface area contributed by atoms with Crippen LogP contribution in [0.3, 0.4) is 0 Å². The molecule has 1 atom stereocenters. The van der Waals surface area contributed by atoms with E-state index in [4.69, 9.17) is 14.2 Å². The van der Waals surface area contributed by atoms with Crippen LogP contribution in [-0.2, 0) is 9.47 Å². The number of ether oxygens (including phenoxy) is 3. The van der Waals surface area contributed by atoms with E-state index in [2.05, 4.69) is 24.4 Å². The minimum atomic E-state index is -0.208. The van der Waals surface area contributed by atoms with E-state index in [0.29, 0.717) is 0 Å². The third kappa shape index (κ3) is 3.14. The number of nitrogens with one attached hydrogen (secondary N) is 1. The molecule has 0 aromatic heterocycles. The number of hydrogen-bond donors (Lipinski definition) is 1. The van der Waals surface area contributed by atoms with Gasteiger partial charge in [-0.1, -0.05) is 19.1 Å². The molecule has 0 bridgehead atoms. The number of rotatable bonds is 6. The first-order chi connectivity index (χ1) is 9.75. The molecule has 1 unspecified atom stereocenters. The molecular weight excluding hydrogens is 254 g/mol. The van der Waals surface area contributed by atoms with Gasteiger partial charge in [0.25, 0.3) is 0 Å². The van der Waals surface area contributed by atoms with Gasteiger partial charge in [-0.3, -0.25) is 0 Å². The molecule has 1 saturated heterocycles. The first-order valence-electron chi connectivity index (χ1n) is 7.26. The Morgan fingerprint density at radius 1 is 1.30 bits per heavy atom. The van der Waals surface area contributed by atoms with E-state index in [1.54, 1.807) is 14.2 Å². The van der Waals surface area contributed by atoms with Gasteiger partial charge in [-0.25, -0.2) is 0 Å². The zero-order chi connectivity index (χ0) is 14.4. The number of likely N-dealkylation sites (N-methyl/N-ethyl adjacent to an activating group) is 1. The molecule has 1 fully saturated rings. The van der Waals surface area contributed by atoms with Crippen LogP contribution in [0, 0.1) is 0 Å². The van der Waals surface area contributed by atoms with E-state index in [1.807, 2.05) is 12.1 Å². The van der Waals surface area contributed by atoms with Gasteiger partial charge in [0.2, 0.25) is 0 Å². The summed E-state index contributed by atoms with van der Waals surface area (Å²) in [5, 5.41) is 3.58. The number of methoxy groups -OCH3 is 2. The number of hydrogen-bond acceptors (Lipinski definition) is 4. The molecule has 1 aliphatic heterocycles. The quantitative estimate of drug-likeness (QED) is 0.868. The van der Waals surface area contributed by atoms with Crippen molar-refractivity contribution in [2.45, 2.75) is 31.4 Å². The van der Waals surface area contributed by atoms with Gasteiger partial charge < -0.3 is 19.5 Å². The third-order valence-electron chi connectivity index (χ3n) is 4.11. The molecule has 1 aliphatic rings. The SMILES string of the molecule is CCNC(c1cccc(OC)c1)C1(OC)CCOCC1. The van der Waals surface area contributed by atoms with Crippen LogP contribution in [0.15, 0.2) is 24.3 Å². The fourth-order valence-electron chi connectivity index (χ4n) is 2.96. The largest absolute Gasteiger partial charge is 0.497 e. The van der Waals surface area contributed by atoms with Crippen LogP contribution < -0.4 is 10.1 Å². The van der Waals surface area contributed by atoms with Crippen molar-refractivity contribution in [3.8, 4) is 5.75 Å². The van der Waals surface area contributed by atoms with E-state index >= 15 is 0 Å². The minimum absolute atomic E-state index is 0.150. The molecule has 1 heterocycles. The van der Waals surface area contributed by atoms with Crippen molar-refractivity contribution in [1.29, 1.82) is 0 Å². The van der Waals surface area contributed by atoms with E-state index in [1.165, 1.54) is 5.56 Å². The first kappa shape index (κ1) is 15.3. The van der Waals surface area contributed by atoms with E-state index in [0.717, 1.165) is 38.3 Å². The average Bonchev–Trinajstić information content (AvgIpc) is 2.53. The molecule has 1 N–H and O–H groups in total. The summed E-state index contributed by atoms with van der Waals surface area (Å²) in [6.45, 7) is 4.52. The Labute approximate surface area is 121 Å². The predicted molar refractivity (Wildman–Crippen MR) is 79.2 cm³/mol. The van der Waals surface area contributed by atoms with Gasteiger partial charge in [0.05, 0.1) is 18.8 Å². The topological polar surface area (TPSA) is 39.7 Å². The van der Waals surface area contributed by atoms with Gasteiger partial charge in [0, 0.05) is 33.2 Å². The van der Waals surface area contributed by atoms with E-state index < -0.39 is 0 Å². The Morgan fingerprint density at radius 2 is 2.05 bits per heavy atom. The van der Waals surface area contributed by atoms with Crippen molar-refractivity contribution in [1.82, 2.24) is 5.32 Å². The van der Waals surface area contributed by atoms with Gasteiger partial charge in [-0.15, -0.1) is 0 Å². The van der Waals surface area contributed by atoms with Crippen LogP contribution in [0.5, 0.6) is 5.75 Å². The van der Waals surface area contributed by atoms with Crippen molar-refractivity contribution in [3.63, 3.8) is 0 Å². The predicted octanol–water partition coefficient (Wildman–Crippen LogP) is 2.54. The maximum Gasteiger partial charge on any atom is 0.119 e. The molecule has 20 heavy (non-hydrogen) atoms. The summed E-state index contributed by atoms with van der Waals surface area (Å²) < 4.78 is 16.8. The molecule has 2 rings (SSSR count). The zero-order valence-corrected chi connectivity index (χ0v) is 12.6. The summed E-state index contributed by atoms with van der Waals surface area (Å²) in [5.41, 5.74) is 0.996. The molecule has 0 aliphatic carbocycles. The van der Waals surface area contributed by atoms with Crippen LogP contribution in [0.2, 0.25) is 0 Å². The molecule has 0 amide bonds. The van der Waals surface area contributed by atoms with Crippen LogP contribution in [-0.4, -0.2) is 39.6 Å².